The van der Waals surface area contributed by atoms with Gasteiger partial charge in [0.15, 0.2) is 3.78 Å². The molecule has 1 nitrogen and oxygen atoms in total. The summed E-state index contributed by atoms with van der Waals surface area (Å²) in [7, 11) is 0. The lowest BCUT2D eigenvalue weighted by Crippen LogP contribution is -1.45. The Morgan fingerprint density at radius 3 is 1.57 bits per heavy atom. The molecule has 0 saturated heterocycles. The first-order valence-corrected chi connectivity index (χ1v) is 2.61. The number of isothiocyanates is 1. The minimum absolute atomic E-state index is 0.0556. The summed E-state index contributed by atoms with van der Waals surface area (Å²) >= 11 is 17.4. The lowest BCUT2D eigenvalue weighted by molar-refractivity contribution is 1.61. The Kier molecular flexibility index (Phi) is 14.5. The predicted molar refractivity (Wildman–Crippen MR) is 39.6 cm³/mol. The average molecular weight is 174 g/mol. The molecule has 0 radical (unpaired) electrons. The Morgan fingerprint density at radius 1 is 1.57 bits per heavy atom. The molecular formula is C2HCl2NS2. The summed E-state index contributed by atoms with van der Waals surface area (Å²) in [6.45, 7) is 0. The molecule has 0 amide bonds. The first-order valence-electron chi connectivity index (χ1n) is 1.04. The van der Waals surface area contributed by atoms with Crippen molar-refractivity contribution >= 4 is 56.6 Å². The summed E-state index contributed by atoms with van der Waals surface area (Å²) in [5.74, 6) is 0. The van der Waals surface area contributed by atoms with Gasteiger partial charge in [0.25, 0.3) is 0 Å². The number of hydrogen-bond acceptors (Lipinski definition) is 3. The van der Waals surface area contributed by atoms with Gasteiger partial charge in [-0.15, -0.1) is 0 Å². The SMILES string of the molecule is N=C=S.S=C(Cl)Cl. The Labute approximate surface area is 62.1 Å². The third-order valence-corrected chi connectivity index (χ3v) is 0. The molecule has 7 heavy (non-hydrogen) atoms. The molecule has 0 heterocycles. The van der Waals surface area contributed by atoms with Crippen molar-refractivity contribution in [3.05, 3.63) is 0 Å². The van der Waals surface area contributed by atoms with Crippen LogP contribution in [0, 0.1) is 5.41 Å². The number of thiocarbonyl (C=S) groups is 2. The molecule has 0 bridgehead atoms. The number of rotatable bonds is 0. The first kappa shape index (κ1) is 10.5. The fraction of sp³-hybridized carbons (Fsp3) is 0. The molecule has 0 aliphatic rings. The van der Waals surface area contributed by atoms with Crippen LogP contribution in [0.1, 0.15) is 0 Å². The molecule has 0 aromatic heterocycles. The third kappa shape index (κ3) is 585. The Balaban J connectivity index is 0. The Hall–Kier alpha value is 0.470. The molecule has 0 aliphatic heterocycles. The van der Waals surface area contributed by atoms with Crippen molar-refractivity contribution in [2.45, 2.75) is 0 Å². The monoisotopic (exact) mass is 173 g/mol. The smallest absolute Gasteiger partial charge is 0.169 e. The minimum atomic E-state index is -0.0556. The number of hydrogen-bond donors (Lipinski definition) is 1. The van der Waals surface area contributed by atoms with E-state index in [9.17, 15) is 0 Å². The molecule has 1 N–H and O–H groups in total. The van der Waals surface area contributed by atoms with Gasteiger partial charge >= 0.3 is 0 Å². The highest BCUT2D eigenvalue weighted by molar-refractivity contribution is 7.86. The van der Waals surface area contributed by atoms with Crippen molar-refractivity contribution in [2.75, 3.05) is 0 Å². The van der Waals surface area contributed by atoms with E-state index in [1.54, 1.807) is 5.16 Å². The van der Waals surface area contributed by atoms with Gasteiger partial charge < -0.3 is 0 Å². The predicted octanol–water partition coefficient (Wildman–Crippen LogP) is 2.42. The fourth-order valence-electron chi connectivity index (χ4n) is 0. The first-order chi connectivity index (χ1) is 3.15. The van der Waals surface area contributed by atoms with Crippen LogP contribution < -0.4 is 0 Å². The molecule has 0 saturated carbocycles. The molecule has 0 atom stereocenters. The molecule has 0 fully saturated rings. The summed E-state index contributed by atoms with van der Waals surface area (Å²) in [6, 6.07) is 0. The quantitative estimate of drug-likeness (QED) is 0.346. The molecule has 40 valence electrons. The normalized spacial score (nSPS) is 4.86. The number of halogens is 2. The average Bonchev–Trinajstić information content (AvgIpc) is 1.33. The van der Waals surface area contributed by atoms with Crippen LogP contribution in [0.25, 0.3) is 0 Å². The van der Waals surface area contributed by atoms with Gasteiger partial charge in [0.05, 0.1) is 5.16 Å². The Bertz CT molecular complexity index is 81.7. The maximum absolute atomic E-state index is 5.77. The molecule has 0 aromatic rings. The minimum Gasteiger partial charge on any atom is -0.248 e. The van der Waals surface area contributed by atoms with Gasteiger partial charge in [-0.05, 0) is 12.2 Å². The zero-order valence-corrected chi connectivity index (χ0v) is 6.22. The van der Waals surface area contributed by atoms with E-state index in [-0.39, 0.29) is 3.78 Å². The van der Waals surface area contributed by atoms with Crippen LogP contribution >= 0.6 is 47.6 Å². The lowest BCUT2D eigenvalue weighted by atomic mass is 11.8. The zero-order valence-electron chi connectivity index (χ0n) is 3.07. The topological polar surface area (TPSA) is 23.9 Å². The summed E-state index contributed by atoms with van der Waals surface area (Å²) in [6.07, 6.45) is 0. The second-order valence-electron chi connectivity index (χ2n) is 0.328. The van der Waals surface area contributed by atoms with Crippen molar-refractivity contribution in [1.29, 1.82) is 5.41 Å². The van der Waals surface area contributed by atoms with E-state index in [2.05, 4.69) is 24.4 Å². The summed E-state index contributed by atoms with van der Waals surface area (Å²) < 4.78 is -0.0556. The largest absolute Gasteiger partial charge is 0.248 e. The van der Waals surface area contributed by atoms with Gasteiger partial charge in [-0.2, -0.15) is 0 Å². The maximum Gasteiger partial charge on any atom is 0.169 e. The standard InChI is InChI=1S/CCl2S.CHNS/c2-1(3)4;2-1-3/h;2H. The van der Waals surface area contributed by atoms with Crippen LogP contribution in [0.2, 0.25) is 0 Å². The van der Waals surface area contributed by atoms with Gasteiger partial charge in [-0.25, -0.2) is 5.41 Å². The van der Waals surface area contributed by atoms with Gasteiger partial charge in [0.1, 0.15) is 0 Å². The highest BCUT2D eigenvalue weighted by Crippen LogP contribution is 1.86. The van der Waals surface area contributed by atoms with E-state index in [0.717, 1.165) is 0 Å². The van der Waals surface area contributed by atoms with Gasteiger partial charge in [-0.1, -0.05) is 35.4 Å². The van der Waals surface area contributed by atoms with E-state index in [1.807, 2.05) is 0 Å². The third-order valence-electron chi connectivity index (χ3n) is 0. The lowest BCUT2D eigenvalue weighted by Gasteiger charge is -1.53. The fourth-order valence-corrected chi connectivity index (χ4v) is 0. The highest BCUT2D eigenvalue weighted by Gasteiger charge is 1.64. The second-order valence-corrected chi connectivity index (χ2v) is 2.34. The Morgan fingerprint density at radius 2 is 1.57 bits per heavy atom. The van der Waals surface area contributed by atoms with Crippen molar-refractivity contribution in [3.63, 3.8) is 0 Å². The van der Waals surface area contributed by atoms with E-state index in [1.165, 1.54) is 0 Å². The summed E-state index contributed by atoms with van der Waals surface area (Å²) in [5.41, 5.74) is 0. The van der Waals surface area contributed by atoms with Crippen LogP contribution in [0.15, 0.2) is 0 Å². The van der Waals surface area contributed by atoms with Crippen LogP contribution in [0.5, 0.6) is 0 Å². The number of nitrogens with one attached hydrogen (secondary N) is 1. The van der Waals surface area contributed by atoms with Crippen LogP contribution in [0.4, 0.5) is 0 Å². The molecule has 0 aromatic carbocycles. The second kappa shape index (κ2) is 9.69. The van der Waals surface area contributed by atoms with E-state index < -0.39 is 0 Å². The van der Waals surface area contributed by atoms with Crippen molar-refractivity contribution in [1.82, 2.24) is 0 Å². The maximum atomic E-state index is 5.77. The van der Waals surface area contributed by atoms with Crippen LogP contribution in [-0.4, -0.2) is 8.94 Å². The summed E-state index contributed by atoms with van der Waals surface area (Å²) in [4.78, 5) is 0. The molecule has 0 rings (SSSR count). The van der Waals surface area contributed by atoms with E-state index >= 15 is 0 Å². The zero-order chi connectivity index (χ0) is 6.28. The van der Waals surface area contributed by atoms with Crippen LogP contribution in [0.3, 0.4) is 0 Å². The van der Waals surface area contributed by atoms with Crippen LogP contribution in [-0.2, 0) is 0 Å². The molecule has 0 aliphatic carbocycles. The highest BCUT2D eigenvalue weighted by atomic mass is 35.5. The van der Waals surface area contributed by atoms with Gasteiger partial charge in [0, 0.05) is 0 Å². The van der Waals surface area contributed by atoms with Gasteiger partial charge in [-0.3, -0.25) is 0 Å². The van der Waals surface area contributed by atoms with Crippen molar-refractivity contribution in [3.8, 4) is 0 Å². The molecule has 5 heteroatoms. The summed E-state index contributed by atoms with van der Waals surface area (Å²) in [5, 5.41) is 7.36. The van der Waals surface area contributed by atoms with E-state index in [4.69, 9.17) is 28.6 Å². The van der Waals surface area contributed by atoms with Gasteiger partial charge in [0.2, 0.25) is 0 Å². The van der Waals surface area contributed by atoms with E-state index in [0.29, 0.717) is 0 Å². The van der Waals surface area contributed by atoms with Crippen molar-refractivity contribution < 1.29 is 0 Å². The molecule has 0 spiro atoms. The van der Waals surface area contributed by atoms with Crippen molar-refractivity contribution in [2.24, 2.45) is 0 Å². The molecule has 0 unspecified atom stereocenters. The molecular weight excluding hydrogens is 173 g/mol.